The first-order valence-electron chi connectivity index (χ1n) is 8.88. The minimum Gasteiger partial charge on any atom is -0.375 e. The molecule has 0 radical (unpaired) electrons. The summed E-state index contributed by atoms with van der Waals surface area (Å²) in [5.41, 5.74) is 5.32. The molecule has 1 heterocycles. The summed E-state index contributed by atoms with van der Waals surface area (Å²) in [6, 6.07) is 16.6. The van der Waals surface area contributed by atoms with Crippen molar-refractivity contribution in [2.24, 2.45) is 11.3 Å². The lowest BCUT2D eigenvalue weighted by atomic mass is 9.72. The molecule has 3 heteroatoms. The van der Waals surface area contributed by atoms with Crippen LogP contribution >= 0.6 is 0 Å². The molecule has 2 aromatic rings. The number of hydrogen-bond donors (Lipinski definition) is 2. The fourth-order valence-corrected chi connectivity index (χ4v) is 4.00. The molecular formula is C22H24N2O. The number of ketones is 1. The summed E-state index contributed by atoms with van der Waals surface area (Å²) in [4.78, 5) is 13.1. The van der Waals surface area contributed by atoms with E-state index in [1.807, 2.05) is 18.2 Å². The second-order valence-electron chi connectivity index (χ2n) is 7.92. The van der Waals surface area contributed by atoms with Crippen LogP contribution in [0.4, 0.5) is 11.4 Å². The molecule has 0 saturated carbocycles. The molecule has 1 aliphatic heterocycles. The third-order valence-electron chi connectivity index (χ3n) is 5.12. The summed E-state index contributed by atoms with van der Waals surface area (Å²) in [5, 5.41) is 7.20. The molecule has 2 aromatic carbocycles. The highest BCUT2D eigenvalue weighted by Gasteiger charge is 2.41. The number of allylic oxidation sites excluding steroid dienone is 1. The van der Waals surface area contributed by atoms with Gasteiger partial charge in [0, 0.05) is 12.1 Å². The molecule has 0 aromatic heterocycles. The third kappa shape index (κ3) is 2.95. The Morgan fingerprint density at radius 3 is 2.56 bits per heavy atom. The molecule has 0 saturated heterocycles. The molecule has 2 unspecified atom stereocenters. The van der Waals surface area contributed by atoms with Gasteiger partial charge in [-0.1, -0.05) is 56.3 Å². The van der Waals surface area contributed by atoms with E-state index >= 15 is 0 Å². The van der Waals surface area contributed by atoms with E-state index in [-0.39, 0.29) is 17.4 Å². The number of fused-ring (bicyclic) bond motifs is 2. The summed E-state index contributed by atoms with van der Waals surface area (Å²) >= 11 is 0. The van der Waals surface area contributed by atoms with Gasteiger partial charge in [0.15, 0.2) is 0 Å². The number of hydrogen-bond acceptors (Lipinski definition) is 3. The van der Waals surface area contributed by atoms with Gasteiger partial charge in [-0.15, -0.1) is 0 Å². The number of anilines is 2. The van der Waals surface area contributed by atoms with Gasteiger partial charge in [0.1, 0.15) is 5.78 Å². The number of rotatable bonds is 1. The van der Waals surface area contributed by atoms with Crippen molar-refractivity contribution in [1.82, 2.24) is 0 Å². The minimum atomic E-state index is -0.192. The van der Waals surface area contributed by atoms with Gasteiger partial charge in [0.05, 0.1) is 23.3 Å². The van der Waals surface area contributed by atoms with Gasteiger partial charge in [-0.3, -0.25) is 4.79 Å². The lowest BCUT2D eigenvalue weighted by molar-refractivity contribution is -0.124. The maximum atomic E-state index is 13.1. The molecule has 1 aliphatic carbocycles. The molecule has 3 nitrogen and oxygen atoms in total. The molecule has 25 heavy (non-hydrogen) atoms. The lowest BCUT2D eigenvalue weighted by Gasteiger charge is -2.35. The quantitative estimate of drug-likeness (QED) is 0.766. The van der Waals surface area contributed by atoms with E-state index in [9.17, 15) is 4.79 Å². The molecule has 2 N–H and O–H groups in total. The molecule has 0 spiro atoms. The normalized spacial score (nSPS) is 24.1. The molecule has 0 bridgehead atoms. The Labute approximate surface area is 149 Å². The summed E-state index contributed by atoms with van der Waals surface area (Å²) in [7, 11) is 0. The fourth-order valence-electron chi connectivity index (χ4n) is 4.00. The van der Waals surface area contributed by atoms with Crippen molar-refractivity contribution in [3.8, 4) is 0 Å². The van der Waals surface area contributed by atoms with Crippen LogP contribution in [-0.2, 0) is 4.79 Å². The van der Waals surface area contributed by atoms with Gasteiger partial charge >= 0.3 is 0 Å². The topological polar surface area (TPSA) is 41.1 Å². The van der Waals surface area contributed by atoms with Crippen molar-refractivity contribution >= 4 is 17.2 Å². The zero-order chi connectivity index (χ0) is 17.6. The van der Waals surface area contributed by atoms with Crippen molar-refractivity contribution in [2.45, 2.75) is 33.2 Å². The van der Waals surface area contributed by atoms with E-state index in [1.165, 1.54) is 5.56 Å². The molecule has 128 valence electrons. The summed E-state index contributed by atoms with van der Waals surface area (Å²) in [6.45, 7) is 6.34. The first kappa shape index (κ1) is 15.9. The van der Waals surface area contributed by atoms with Crippen molar-refractivity contribution in [3.63, 3.8) is 0 Å². The molecule has 0 amide bonds. The smallest absolute Gasteiger partial charge is 0.145 e. The SMILES string of the molecule is Cc1ccc2c(c1)NC(c1ccccc1)C1C(=O)CC(C)(C)C=C1N2. The number of aryl methyl sites for hydroxylation is 1. The number of carbonyl (C=O) groups is 1. The van der Waals surface area contributed by atoms with Crippen LogP contribution in [0.15, 0.2) is 60.3 Å². The standard InChI is InChI=1S/C22H24N2O/c1-14-9-10-16-17(11-14)24-21(15-7-5-4-6-8-15)20-18(23-16)12-22(2,3)13-19(20)25/h4-12,20-21,23-24H,13H2,1-3H3. The zero-order valence-corrected chi connectivity index (χ0v) is 15.0. The van der Waals surface area contributed by atoms with Crippen molar-refractivity contribution < 1.29 is 4.79 Å². The highest BCUT2D eigenvalue weighted by atomic mass is 16.1. The summed E-state index contributed by atoms with van der Waals surface area (Å²) in [5.74, 6) is 0.101. The number of carbonyl (C=O) groups excluding carboxylic acids is 1. The molecule has 4 rings (SSSR count). The maximum absolute atomic E-state index is 13.1. The van der Waals surface area contributed by atoms with E-state index < -0.39 is 0 Å². The minimum absolute atomic E-state index is 0.0633. The second-order valence-corrected chi connectivity index (χ2v) is 7.92. The lowest BCUT2D eigenvalue weighted by Crippen LogP contribution is -2.36. The Balaban J connectivity index is 1.89. The van der Waals surface area contributed by atoms with Crippen LogP contribution in [0.1, 0.15) is 37.4 Å². The Bertz CT molecular complexity index is 852. The van der Waals surface area contributed by atoms with Crippen LogP contribution in [0, 0.1) is 18.3 Å². The average molecular weight is 332 g/mol. The highest BCUT2D eigenvalue weighted by Crippen LogP contribution is 2.45. The first-order chi connectivity index (χ1) is 11.9. The van der Waals surface area contributed by atoms with E-state index in [2.05, 4.69) is 67.8 Å². The first-order valence-corrected chi connectivity index (χ1v) is 8.88. The van der Waals surface area contributed by atoms with Gasteiger partial charge < -0.3 is 10.6 Å². The Hall–Kier alpha value is -2.55. The zero-order valence-electron chi connectivity index (χ0n) is 15.0. The van der Waals surface area contributed by atoms with Gasteiger partial charge in [0.2, 0.25) is 0 Å². The maximum Gasteiger partial charge on any atom is 0.145 e. The Morgan fingerprint density at radius 1 is 1.04 bits per heavy atom. The Kier molecular flexibility index (Phi) is 3.68. The number of Topliss-reactive ketones (excluding diaryl/α,β-unsaturated/α-hetero) is 1. The van der Waals surface area contributed by atoms with E-state index in [4.69, 9.17) is 0 Å². The Morgan fingerprint density at radius 2 is 1.80 bits per heavy atom. The predicted molar refractivity (Wildman–Crippen MR) is 103 cm³/mol. The van der Waals surface area contributed by atoms with E-state index in [0.29, 0.717) is 12.2 Å². The predicted octanol–water partition coefficient (Wildman–Crippen LogP) is 5.07. The highest BCUT2D eigenvalue weighted by molar-refractivity contribution is 5.90. The second kappa shape index (κ2) is 5.76. The summed E-state index contributed by atoms with van der Waals surface area (Å²) < 4.78 is 0. The largest absolute Gasteiger partial charge is 0.375 e. The molecule has 0 fully saturated rings. The monoisotopic (exact) mass is 332 g/mol. The van der Waals surface area contributed by atoms with Crippen LogP contribution in [-0.4, -0.2) is 5.78 Å². The van der Waals surface area contributed by atoms with Crippen LogP contribution < -0.4 is 10.6 Å². The van der Waals surface area contributed by atoms with Crippen molar-refractivity contribution in [3.05, 3.63) is 71.4 Å². The van der Waals surface area contributed by atoms with Gasteiger partial charge in [-0.25, -0.2) is 0 Å². The van der Waals surface area contributed by atoms with Crippen LogP contribution in [0.3, 0.4) is 0 Å². The molecule has 2 aliphatic rings. The van der Waals surface area contributed by atoms with Crippen LogP contribution in [0.25, 0.3) is 0 Å². The molecule has 2 atom stereocenters. The van der Waals surface area contributed by atoms with Gasteiger partial charge in [-0.05, 0) is 35.6 Å². The summed E-state index contributed by atoms with van der Waals surface area (Å²) in [6.07, 6.45) is 2.81. The van der Waals surface area contributed by atoms with Crippen LogP contribution in [0.5, 0.6) is 0 Å². The van der Waals surface area contributed by atoms with Gasteiger partial charge in [0.25, 0.3) is 0 Å². The third-order valence-corrected chi connectivity index (χ3v) is 5.12. The number of benzene rings is 2. The van der Waals surface area contributed by atoms with Gasteiger partial charge in [-0.2, -0.15) is 0 Å². The van der Waals surface area contributed by atoms with E-state index in [1.54, 1.807) is 0 Å². The van der Waals surface area contributed by atoms with Crippen molar-refractivity contribution in [1.29, 1.82) is 0 Å². The number of nitrogens with one attached hydrogen (secondary N) is 2. The fraction of sp³-hybridized carbons (Fsp3) is 0.318. The van der Waals surface area contributed by atoms with E-state index in [0.717, 1.165) is 22.6 Å². The average Bonchev–Trinajstić information content (AvgIpc) is 2.70. The van der Waals surface area contributed by atoms with Crippen LogP contribution in [0.2, 0.25) is 0 Å². The van der Waals surface area contributed by atoms with Crippen molar-refractivity contribution in [2.75, 3.05) is 10.6 Å². The molecular weight excluding hydrogens is 308 g/mol.